The summed E-state index contributed by atoms with van der Waals surface area (Å²) in [5.41, 5.74) is 0. The summed E-state index contributed by atoms with van der Waals surface area (Å²) < 4.78 is 38.2. The Balaban J connectivity index is 2.35. The Kier molecular flexibility index (Phi) is 5.97. The van der Waals surface area contributed by atoms with Crippen LogP contribution in [0.2, 0.25) is 0 Å². The van der Waals surface area contributed by atoms with Gasteiger partial charge in [0.1, 0.15) is 0 Å². The van der Waals surface area contributed by atoms with Crippen LogP contribution in [0.5, 0.6) is 0 Å². The van der Waals surface area contributed by atoms with Gasteiger partial charge in [0.25, 0.3) is 0 Å². The average Bonchev–Trinajstić information content (AvgIpc) is 2.24. The molecule has 0 saturated heterocycles. The van der Waals surface area contributed by atoms with Crippen LogP contribution in [0.15, 0.2) is 0 Å². The lowest BCUT2D eigenvalue weighted by Gasteiger charge is -2.33. The Labute approximate surface area is 99.6 Å². The number of rotatable bonds is 5. The minimum atomic E-state index is -4.03. The van der Waals surface area contributed by atoms with Crippen molar-refractivity contribution in [3.8, 4) is 0 Å². The normalized spacial score (nSPS) is 27.0. The van der Waals surface area contributed by atoms with Gasteiger partial charge in [-0.05, 0) is 37.8 Å². The number of hydrogen-bond acceptors (Lipinski definition) is 2. The minimum Gasteiger partial charge on any atom is -0.313 e. The SMILES string of the molecule is CSCCCNC1CCCCC1C(F)(F)F. The number of alkyl halides is 3. The van der Waals surface area contributed by atoms with E-state index in [2.05, 4.69) is 5.32 Å². The molecule has 0 radical (unpaired) electrons. The van der Waals surface area contributed by atoms with E-state index in [1.54, 1.807) is 11.8 Å². The summed E-state index contributed by atoms with van der Waals surface area (Å²) >= 11 is 1.73. The van der Waals surface area contributed by atoms with E-state index < -0.39 is 12.1 Å². The Hall–Kier alpha value is 0.100. The second kappa shape index (κ2) is 6.74. The van der Waals surface area contributed by atoms with Crippen molar-refractivity contribution in [2.75, 3.05) is 18.6 Å². The molecule has 0 aliphatic heterocycles. The lowest BCUT2D eigenvalue weighted by atomic mass is 9.84. The van der Waals surface area contributed by atoms with Gasteiger partial charge in [-0.15, -0.1) is 0 Å². The van der Waals surface area contributed by atoms with Crippen molar-refractivity contribution in [2.45, 2.75) is 44.3 Å². The molecule has 96 valence electrons. The summed E-state index contributed by atoms with van der Waals surface area (Å²) in [6, 6.07) is -0.351. The molecule has 1 aliphatic carbocycles. The first-order valence-electron chi connectivity index (χ1n) is 5.84. The zero-order valence-electron chi connectivity index (χ0n) is 9.65. The van der Waals surface area contributed by atoms with Crippen LogP contribution >= 0.6 is 11.8 Å². The van der Waals surface area contributed by atoms with Gasteiger partial charge in [-0.3, -0.25) is 0 Å². The van der Waals surface area contributed by atoms with Crippen LogP contribution in [0.4, 0.5) is 13.2 Å². The first-order chi connectivity index (χ1) is 7.55. The van der Waals surface area contributed by atoms with E-state index in [0.29, 0.717) is 25.8 Å². The Bertz CT molecular complexity index is 196. The van der Waals surface area contributed by atoms with E-state index >= 15 is 0 Å². The van der Waals surface area contributed by atoms with Crippen molar-refractivity contribution in [1.82, 2.24) is 5.32 Å². The highest BCUT2D eigenvalue weighted by Crippen LogP contribution is 2.37. The quantitative estimate of drug-likeness (QED) is 0.755. The maximum Gasteiger partial charge on any atom is 0.393 e. The summed E-state index contributed by atoms with van der Waals surface area (Å²) in [6.45, 7) is 0.706. The van der Waals surface area contributed by atoms with Crippen LogP contribution < -0.4 is 5.32 Å². The molecule has 16 heavy (non-hydrogen) atoms. The number of halogens is 3. The maximum absolute atomic E-state index is 12.7. The van der Waals surface area contributed by atoms with E-state index in [1.807, 2.05) is 6.26 Å². The summed E-state index contributed by atoms with van der Waals surface area (Å²) in [4.78, 5) is 0. The van der Waals surface area contributed by atoms with E-state index in [-0.39, 0.29) is 6.04 Å². The van der Waals surface area contributed by atoms with Gasteiger partial charge in [0.2, 0.25) is 0 Å². The topological polar surface area (TPSA) is 12.0 Å². The third kappa shape index (κ3) is 4.53. The maximum atomic E-state index is 12.7. The predicted molar refractivity (Wildman–Crippen MR) is 62.8 cm³/mol. The van der Waals surface area contributed by atoms with Gasteiger partial charge >= 0.3 is 6.18 Å². The summed E-state index contributed by atoms with van der Waals surface area (Å²) in [5, 5.41) is 3.08. The number of thioether (sulfide) groups is 1. The van der Waals surface area contributed by atoms with E-state index in [4.69, 9.17) is 0 Å². The highest BCUT2D eigenvalue weighted by Gasteiger charge is 2.45. The molecule has 1 N–H and O–H groups in total. The van der Waals surface area contributed by atoms with Gasteiger partial charge in [0, 0.05) is 6.04 Å². The Morgan fingerprint density at radius 1 is 1.25 bits per heavy atom. The van der Waals surface area contributed by atoms with Crippen molar-refractivity contribution < 1.29 is 13.2 Å². The van der Waals surface area contributed by atoms with Gasteiger partial charge in [-0.25, -0.2) is 0 Å². The summed E-state index contributed by atoms with van der Waals surface area (Å²) in [5.74, 6) is -0.119. The van der Waals surface area contributed by atoms with Gasteiger partial charge in [-0.2, -0.15) is 24.9 Å². The van der Waals surface area contributed by atoms with Crippen LogP contribution in [0.1, 0.15) is 32.1 Å². The minimum absolute atomic E-state index is 0.295. The van der Waals surface area contributed by atoms with Gasteiger partial charge < -0.3 is 5.32 Å². The molecule has 1 nitrogen and oxygen atoms in total. The van der Waals surface area contributed by atoms with Crippen LogP contribution in [-0.4, -0.2) is 30.8 Å². The fraction of sp³-hybridized carbons (Fsp3) is 1.00. The molecule has 0 bridgehead atoms. The van der Waals surface area contributed by atoms with Crippen molar-refractivity contribution in [2.24, 2.45) is 5.92 Å². The molecule has 2 atom stereocenters. The molecule has 1 fully saturated rings. The molecule has 2 unspecified atom stereocenters. The lowest BCUT2D eigenvalue weighted by Crippen LogP contribution is -2.45. The molecular formula is C11H20F3NS. The van der Waals surface area contributed by atoms with Crippen LogP contribution in [0, 0.1) is 5.92 Å². The van der Waals surface area contributed by atoms with Crippen molar-refractivity contribution in [3.63, 3.8) is 0 Å². The third-order valence-electron chi connectivity index (χ3n) is 3.12. The fourth-order valence-electron chi connectivity index (χ4n) is 2.27. The zero-order chi connectivity index (χ0) is 12.0. The molecule has 1 aliphatic rings. The van der Waals surface area contributed by atoms with Crippen LogP contribution in [0.3, 0.4) is 0 Å². The Morgan fingerprint density at radius 2 is 1.94 bits per heavy atom. The molecule has 1 saturated carbocycles. The smallest absolute Gasteiger partial charge is 0.313 e. The van der Waals surface area contributed by atoms with E-state index in [9.17, 15) is 13.2 Å². The van der Waals surface area contributed by atoms with E-state index in [1.165, 1.54) is 0 Å². The molecule has 1 rings (SSSR count). The van der Waals surface area contributed by atoms with Crippen molar-refractivity contribution in [1.29, 1.82) is 0 Å². The largest absolute Gasteiger partial charge is 0.393 e. The number of hydrogen-bond donors (Lipinski definition) is 1. The fourth-order valence-corrected chi connectivity index (χ4v) is 2.70. The lowest BCUT2D eigenvalue weighted by molar-refractivity contribution is -0.188. The standard InChI is InChI=1S/C11H20F3NS/c1-16-8-4-7-15-10-6-3-2-5-9(10)11(12,13)14/h9-10,15H,2-8H2,1H3. The monoisotopic (exact) mass is 255 g/mol. The van der Waals surface area contributed by atoms with Gasteiger partial charge in [0.05, 0.1) is 5.92 Å². The highest BCUT2D eigenvalue weighted by molar-refractivity contribution is 7.98. The first kappa shape index (κ1) is 14.2. The van der Waals surface area contributed by atoms with Crippen LogP contribution in [0.25, 0.3) is 0 Å². The summed E-state index contributed by atoms with van der Waals surface area (Å²) in [6.07, 6.45) is 1.53. The molecule has 5 heteroatoms. The Morgan fingerprint density at radius 3 is 2.56 bits per heavy atom. The number of nitrogens with one attached hydrogen (secondary N) is 1. The second-order valence-electron chi connectivity index (χ2n) is 4.34. The second-order valence-corrected chi connectivity index (χ2v) is 5.33. The third-order valence-corrected chi connectivity index (χ3v) is 3.82. The molecule has 0 amide bonds. The molecule has 0 heterocycles. The molecule has 0 spiro atoms. The highest BCUT2D eigenvalue weighted by atomic mass is 32.2. The average molecular weight is 255 g/mol. The summed E-state index contributed by atoms with van der Waals surface area (Å²) in [7, 11) is 0. The molecule has 0 aromatic heterocycles. The molecule has 0 aromatic carbocycles. The van der Waals surface area contributed by atoms with Gasteiger partial charge in [-0.1, -0.05) is 12.8 Å². The first-order valence-corrected chi connectivity index (χ1v) is 7.24. The van der Waals surface area contributed by atoms with E-state index in [0.717, 1.165) is 18.6 Å². The van der Waals surface area contributed by atoms with Crippen molar-refractivity contribution in [3.05, 3.63) is 0 Å². The molecular weight excluding hydrogens is 235 g/mol. The van der Waals surface area contributed by atoms with Crippen LogP contribution in [-0.2, 0) is 0 Å². The van der Waals surface area contributed by atoms with Gasteiger partial charge in [0.15, 0.2) is 0 Å². The molecule has 0 aromatic rings. The van der Waals surface area contributed by atoms with Crippen molar-refractivity contribution >= 4 is 11.8 Å². The predicted octanol–water partition coefficient (Wildman–Crippen LogP) is 3.45. The zero-order valence-corrected chi connectivity index (χ0v) is 10.5.